The summed E-state index contributed by atoms with van der Waals surface area (Å²) in [6.45, 7) is 4.07. The van der Waals surface area contributed by atoms with Gasteiger partial charge in [-0.05, 0) is 42.5 Å². The predicted molar refractivity (Wildman–Crippen MR) is 84.5 cm³/mol. The lowest BCUT2D eigenvalue weighted by molar-refractivity contribution is 0.186. The van der Waals surface area contributed by atoms with Gasteiger partial charge >= 0.3 is 0 Å². The minimum absolute atomic E-state index is 0.406. The molecule has 0 bridgehead atoms. The maximum atomic E-state index is 5.96. The zero-order valence-corrected chi connectivity index (χ0v) is 12.7. The van der Waals surface area contributed by atoms with Gasteiger partial charge < -0.3 is 10.1 Å². The molecule has 0 radical (unpaired) electrons. The van der Waals surface area contributed by atoms with E-state index in [4.69, 9.17) is 4.74 Å². The summed E-state index contributed by atoms with van der Waals surface area (Å²) in [5.74, 6) is 1.57. The van der Waals surface area contributed by atoms with Crippen molar-refractivity contribution in [3.63, 3.8) is 0 Å². The Morgan fingerprint density at radius 1 is 1.30 bits per heavy atom. The van der Waals surface area contributed by atoms with Gasteiger partial charge in [-0.15, -0.1) is 11.3 Å². The Kier molecular flexibility index (Phi) is 4.38. The fourth-order valence-corrected chi connectivity index (χ4v) is 3.73. The number of para-hydroxylation sites is 1. The summed E-state index contributed by atoms with van der Waals surface area (Å²) in [5.41, 5.74) is 1.34. The van der Waals surface area contributed by atoms with Gasteiger partial charge in [-0.2, -0.15) is 0 Å². The van der Waals surface area contributed by atoms with Crippen LogP contribution in [0.1, 0.15) is 29.8 Å². The van der Waals surface area contributed by atoms with Crippen molar-refractivity contribution in [2.45, 2.75) is 25.8 Å². The second kappa shape index (κ2) is 6.42. The summed E-state index contributed by atoms with van der Waals surface area (Å²) in [6.07, 6.45) is 2.25. The van der Waals surface area contributed by atoms with Crippen LogP contribution in [0.2, 0.25) is 0 Å². The number of fused-ring (bicyclic) bond motifs is 1. The van der Waals surface area contributed by atoms with Crippen LogP contribution in [0.15, 0.2) is 41.8 Å². The number of rotatable bonds is 5. The monoisotopic (exact) mass is 287 g/mol. The van der Waals surface area contributed by atoms with Gasteiger partial charge in [0, 0.05) is 16.8 Å². The van der Waals surface area contributed by atoms with Crippen molar-refractivity contribution < 1.29 is 4.74 Å². The van der Waals surface area contributed by atoms with Gasteiger partial charge in [0.15, 0.2) is 0 Å². The molecular weight excluding hydrogens is 266 g/mol. The van der Waals surface area contributed by atoms with E-state index >= 15 is 0 Å². The molecule has 2 nitrogen and oxygen atoms in total. The minimum atomic E-state index is 0.406. The van der Waals surface area contributed by atoms with Crippen LogP contribution in [0.25, 0.3) is 0 Å². The average Bonchev–Trinajstić information content (AvgIpc) is 3.02. The van der Waals surface area contributed by atoms with Gasteiger partial charge in [-0.3, -0.25) is 0 Å². The summed E-state index contributed by atoms with van der Waals surface area (Å²) in [7, 11) is 0. The summed E-state index contributed by atoms with van der Waals surface area (Å²) in [5, 5.41) is 5.86. The van der Waals surface area contributed by atoms with E-state index in [1.165, 1.54) is 10.4 Å². The van der Waals surface area contributed by atoms with Gasteiger partial charge in [0.1, 0.15) is 5.75 Å². The first-order valence-corrected chi connectivity index (χ1v) is 8.24. The molecule has 0 fully saturated rings. The number of benzene rings is 1. The van der Waals surface area contributed by atoms with Gasteiger partial charge in [0.25, 0.3) is 0 Å². The predicted octanol–water partition coefficient (Wildman–Crippen LogP) is 4.04. The fraction of sp³-hybridized carbons (Fsp3) is 0.412. The first-order chi connectivity index (χ1) is 9.88. The van der Waals surface area contributed by atoms with Crippen LogP contribution in [-0.4, -0.2) is 13.2 Å². The van der Waals surface area contributed by atoms with Crippen molar-refractivity contribution in [3.05, 3.63) is 52.2 Å². The van der Waals surface area contributed by atoms with Crippen LogP contribution in [-0.2, 0) is 6.42 Å². The van der Waals surface area contributed by atoms with Crippen molar-refractivity contribution in [3.8, 4) is 5.75 Å². The standard InChI is InChI=1S/C17H21NOS/c1-2-9-18-17(16-8-5-10-20-16)14-11-13-6-3-4-7-15(13)19-12-14/h3-8,10,14,17-18H,2,9,11-12H2,1H3. The van der Waals surface area contributed by atoms with Gasteiger partial charge in [0.05, 0.1) is 6.61 Å². The maximum absolute atomic E-state index is 5.96. The molecule has 0 saturated carbocycles. The molecule has 2 aromatic rings. The van der Waals surface area contributed by atoms with Gasteiger partial charge in [-0.1, -0.05) is 31.2 Å². The van der Waals surface area contributed by atoms with Crippen LogP contribution in [0, 0.1) is 5.92 Å². The zero-order chi connectivity index (χ0) is 13.8. The minimum Gasteiger partial charge on any atom is -0.493 e. The lowest BCUT2D eigenvalue weighted by Crippen LogP contribution is -2.35. The SMILES string of the molecule is CCCNC(c1cccs1)C1COc2ccccc2C1. The second-order valence-electron chi connectivity index (χ2n) is 5.33. The summed E-state index contributed by atoms with van der Waals surface area (Å²) >= 11 is 1.84. The molecule has 0 aliphatic carbocycles. The Bertz CT molecular complexity index is 538. The van der Waals surface area contributed by atoms with Crippen LogP contribution >= 0.6 is 11.3 Å². The van der Waals surface area contributed by atoms with Crippen molar-refractivity contribution >= 4 is 11.3 Å². The Balaban J connectivity index is 1.79. The van der Waals surface area contributed by atoms with E-state index in [1.54, 1.807) is 0 Å². The Hall–Kier alpha value is -1.32. The molecule has 2 unspecified atom stereocenters. The molecule has 0 amide bonds. The largest absolute Gasteiger partial charge is 0.493 e. The molecule has 3 rings (SSSR count). The van der Waals surface area contributed by atoms with Gasteiger partial charge in [0.2, 0.25) is 0 Å². The molecule has 1 N–H and O–H groups in total. The number of nitrogens with one attached hydrogen (secondary N) is 1. The highest BCUT2D eigenvalue weighted by Gasteiger charge is 2.28. The van der Waals surface area contributed by atoms with E-state index in [1.807, 2.05) is 17.4 Å². The molecule has 3 heteroatoms. The Morgan fingerprint density at radius 2 is 2.20 bits per heavy atom. The smallest absolute Gasteiger partial charge is 0.122 e. The summed E-state index contributed by atoms with van der Waals surface area (Å²) < 4.78 is 5.96. The topological polar surface area (TPSA) is 21.3 Å². The van der Waals surface area contributed by atoms with Crippen molar-refractivity contribution in [1.29, 1.82) is 0 Å². The van der Waals surface area contributed by atoms with Gasteiger partial charge in [-0.25, -0.2) is 0 Å². The normalized spacial score (nSPS) is 19.1. The van der Waals surface area contributed by atoms with E-state index in [0.29, 0.717) is 12.0 Å². The number of thiophene rings is 1. The third kappa shape index (κ3) is 2.89. The van der Waals surface area contributed by atoms with Crippen LogP contribution in [0.5, 0.6) is 5.75 Å². The molecule has 1 aliphatic rings. The fourth-order valence-electron chi connectivity index (χ4n) is 2.83. The zero-order valence-electron chi connectivity index (χ0n) is 11.8. The number of hydrogen-bond donors (Lipinski definition) is 1. The molecule has 2 heterocycles. The van der Waals surface area contributed by atoms with Crippen LogP contribution in [0.4, 0.5) is 0 Å². The van der Waals surface area contributed by atoms with Crippen molar-refractivity contribution in [1.82, 2.24) is 5.32 Å². The molecule has 1 aliphatic heterocycles. The van der Waals surface area contributed by atoms with E-state index in [9.17, 15) is 0 Å². The maximum Gasteiger partial charge on any atom is 0.122 e. The third-order valence-electron chi connectivity index (χ3n) is 3.84. The lowest BCUT2D eigenvalue weighted by Gasteiger charge is -2.32. The molecule has 0 saturated heterocycles. The molecule has 106 valence electrons. The molecule has 1 aromatic carbocycles. The van der Waals surface area contributed by atoms with Crippen molar-refractivity contribution in [2.75, 3.05) is 13.2 Å². The highest BCUT2D eigenvalue weighted by Crippen LogP contribution is 2.35. The first kappa shape index (κ1) is 13.7. The van der Waals surface area contributed by atoms with Crippen LogP contribution in [0.3, 0.4) is 0 Å². The molecule has 2 atom stereocenters. The number of hydrogen-bond acceptors (Lipinski definition) is 3. The van der Waals surface area contributed by atoms with Crippen LogP contribution < -0.4 is 10.1 Å². The molecule has 1 aromatic heterocycles. The van der Waals surface area contributed by atoms with E-state index < -0.39 is 0 Å². The third-order valence-corrected chi connectivity index (χ3v) is 4.80. The number of ether oxygens (including phenoxy) is 1. The molecule has 20 heavy (non-hydrogen) atoms. The quantitative estimate of drug-likeness (QED) is 0.896. The molecule has 0 spiro atoms. The van der Waals surface area contributed by atoms with Crippen molar-refractivity contribution in [2.24, 2.45) is 5.92 Å². The summed E-state index contributed by atoms with van der Waals surface area (Å²) in [6, 6.07) is 13.2. The highest BCUT2D eigenvalue weighted by atomic mass is 32.1. The highest BCUT2D eigenvalue weighted by molar-refractivity contribution is 7.10. The Labute approximate surface area is 124 Å². The summed E-state index contributed by atoms with van der Waals surface area (Å²) in [4.78, 5) is 1.42. The average molecular weight is 287 g/mol. The molecular formula is C17H21NOS. The van der Waals surface area contributed by atoms with E-state index in [2.05, 4.69) is 48.0 Å². The first-order valence-electron chi connectivity index (χ1n) is 7.36. The second-order valence-corrected chi connectivity index (χ2v) is 6.31. The van der Waals surface area contributed by atoms with E-state index in [0.717, 1.165) is 31.7 Å². The lowest BCUT2D eigenvalue weighted by atomic mass is 9.89. The van der Waals surface area contributed by atoms with E-state index in [-0.39, 0.29) is 0 Å². The Morgan fingerprint density at radius 3 is 3.00 bits per heavy atom.